The van der Waals surface area contributed by atoms with E-state index in [0.29, 0.717) is 6.42 Å². The number of carboxylic acid groups (broad SMARTS) is 1. The van der Waals surface area contributed by atoms with Crippen molar-refractivity contribution in [3.8, 4) is 5.75 Å². The van der Waals surface area contributed by atoms with Crippen LogP contribution in [-0.2, 0) is 57.4 Å². The van der Waals surface area contributed by atoms with E-state index in [-0.39, 0.29) is 37.1 Å². The first-order chi connectivity index (χ1) is 39.8. The van der Waals surface area contributed by atoms with E-state index in [4.69, 9.17) is 26.7 Å². The number of aliphatic hydroxyl groups is 7. The number of rotatable bonds is 24. The number of nitrogens with two attached hydrogens (primary N) is 3. The van der Waals surface area contributed by atoms with Gasteiger partial charge in [0, 0.05) is 25.0 Å². The summed E-state index contributed by atoms with van der Waals surface area (Å²) in [4.78, 5) is 134. The molecule has 84 heavy (non-hydrogen) atoms. The molecule has 32 heteroatoms. The molecule has 1 aromatic rings. The van der Waals surface area contributed by atoms with Crippen LogP contribution in [-0.4, -0.2) is 223 Å². The number of hydrogen-bond acceptors (Lipinski definition) is 22. The number of phenols is 1. The predicted octanol–water partition coefficient (Wildman–Crippen LogP) is -7.15. The summed E-state index contributed by atoms with van der Waals surface area (Å²) in [6.45, 7) is -1.95. The average molecular weight is 1200 g/mol. The molecular weight excluding hydrogens is 1110 g/mol. The molecule has 0 spiro atoms. The molecule has 15 unspecified atom stereocenters. The van der Waals surface area contributed by atoms with E-state index >= 15 is 0 Å². The molecule has 15 atom stereocenters. The summed E-state index contributed by atoms with van der Waals surface area (Å²) in [6.07, 6.45) is -8.31. The van der Waals surface area contributed by atoms with Gasteiger partial charge in [-0.3, -0.25) is 47.9 Å². The Morgan fingerprint density at radius 3 is 1.92 bits per heavy atom. The Bertz CT molecular complexity index is 2320. The number of hydrogen-bond donors (Lipinski definition) is 20. The Labute approximate surface area is 484 Å². The van der Waals surface area contributed by atoms with Crippen molar-refractivity contribution in [1.82, 2.24) is 42.5 Å². The summed E-state index contributed by atoms with van der Waals surface area (Å²) >= 11 is 0. The van der Waals surface area contributed by atoms with Gasteiger partial charge < -0.3 is 115 Å². The van der Waals surface area contributed by atoms with Gasteiger partial charge in [0.25, 0.3) is 0 Å². The van der Waals surface area contributed by atoms with Crippen molar-refractivity contribution < 1.29 is 103 Å². The second-order valence-electron chi connectivity index (χ2n) is 20.9. The summed E-state index contributed by atoms with van der Waals surface area (Å²) < 4.78 is 11.6. The molecule has 0 aromatic heterocycles. The van der Waals surface area contributed by atoms with Crippen molar-refractivity contribution in [3.63, 3.8) is 0 Å². The van der Waals surface area contributed by atoms with Crippen LogP contribution in [0, 0.1) is 0 Å². The molecule has 0 bridgehead atoms. The number of amides is 9. The number of primary amides is 1. The maximum absolute atomic E-state index is 14.2. The smallest absolute Gasteiger partial charge is 0.305 e. The molecule has 0 aliphatic carbocycles. The normalized spacial score (nSPS) is 27.6. The molecule has 2 aliphatic heterocycles. The Morgan fingerprint density at radius 2 is 1.29 bits per heavy atom. The fourth-order valence-electron chi connectivity index (χ4n) is 9.07. The van der Waals surface area contributed by atoms with E-state index in [1.165, 1.54) is 0 Å². The van der Waals surface area contributed by atoms with Gasteiger partial charge in [0.05, 0.1) is 57.5 Å². The lowest BCUT2D eigenvalue weighted by atomic mass is 9.95. The highest BCUT2D eigenvalue weighted by atomic mass is 16.7. The zero-order chi connectivity index (χ0) is 62.6. The fourth-order valence-corrected chi connectivity index (χ4v) is 9.07. The SMILES string of the molecule is CCCCCCCCCC(N)CC(O)CC(CC1CC(=O)NC(CO)C(=O)NC(C(O)c2ccc(O)cc2)C(=O)NC(CC(=O)O)C(=O)NC(CO)C(=O)NCC(=O)NCCC(N)C(=O)NC(CC(N)=O)C(=O)N1)OC1OCC(O)C(O)C1O. The average Bonchev–Trinajstić information content (AvgIpc) is 3.62. The van der Waals surface area contributed by atoms with Crippen LogP contribution in [0.4, 0.5) is 0 Å². The number of carbonyl (C=O) groups is 10. The molecule has 0 radical (unpaired) electrons. The van der Waals surface area contributed by atoms with E-state index < -0.39 is 202 Å². The quantitative estimate of drug-likeness (QED) is 0.0428. The number of aromatic hydroxyl groups is 1. The van der Waals surface area contributed by atoms with Gasteiger partial charge in [0.1, 0.15) is 60.4 Å². The first-order valence-corrected chi connectivity index (χ1v) is 27.8. The summed E-state index contributed by atoms with van der Waals surface area (Å²) in [7, 11) is 0. The van der Waals surface area contributed by atoms with Crippen LogP contribution in [0.3, 0.4) is 0 Å². The number of nitrogens with one attached hydrogen (secondary N) is 8. The Kier molecular flexibility index (Phi) is 31.4. The van der Waals surface area contributed by atoms with Crippen LogP contribution in [0.25, 0.3) is 0 Å². The zero-order valence-corrected chi connectivity index (χ0v) is 46.8. The summed E-state index contributed by atoms with van der Waals surface area (Å²) in [5, 5.41) is 112. The highest BCUT2D eigenvalue weighted by molar-refractivity contribution is 5.98. The standard InChI is InChI=1S/C52H85N11O21/c1-2-3-4-5-6-7-8-9-27(53)16-30(67)19-31(84-52-45(76)44(75)37(68)25-83-52)17-28-18-39(70)59-36(24-65)50(81)63-42(43(74)26-10-12-29(66)13-11-26)51(82)61-34(21-41(72)73)49(80)62-35(23-64)47(78)57-22-40(71)56-15-14-32(54)46(77)60-33(20-38(55)69)48(79)58-28/h10-13,27-28,30-37,42-45,52,64-68,74-76H,2-9,14-25,53-54H2,1H3,(H2,55,69)(H,56,71)(H,57,78)(H,58,79)(H,59,70)(H,60,77)(H,61,82)(H,62,80)(H,63,81)(H,72,73). The van der Waals surface area contributed by atoms with Crippen molar-refractivity contribution in [2.75, 3.05) is 32.9 Å². The lowest BCUT2D eigenvalue weighted by Gasteiger charge is -2.38. The molecule has 1 aromatic carbocycles. The van der Waals surface area contributed by atoms with Gasteiger partial charge in [0.2, 0.25) is 53.2 Å². The Hall–Kier alpha value is -6.72. The molecule has 2 aliphatic rings. The lowest BCUT2D eigenvalue weighted by Crippen LogP contribution is -2.60. The van der Waals surface area contributed by atoms with Crippen LogP contribution in [0.2, 0.25) is 0 Å². The Morgan fingerprint density at radius 1 is 0.702 bits per heavy atom. The van der Waals surface area contributed by atoms with Crippen LogP contribution in [0.5, 0.6) is 5.75 Å². The second-order valence-corrected chi connectivity index (χ2v) is 20.9. The van der Waals surface area contributed by atoms with Gasteiger partial charge >= 0.3 is 5.97 Å². The monoisotopic (exact) mass is 1200 g/mol. The van der Waals surface area contributed by atoms with E-state index in [1.807, 2.05) is 5.32 Å². The van der Waals surface area contributed by atoms with Crippen LogP contribution < -0.4 is 59.7 Å². The minimum Gasteiger partial charge on any atom is -0.508 e. The number of ether oxygens (including phenoxy) is 2. The first kappa shape index (κ1) is 71.5. The third kappa shape index (κ3) is 25.2. The second kappa shape index (κ2) is 36.9. The summed E-state index contributed by atoms with van der Waals surface area (Å²) in [5.74, 6) is -12.9. The molecule has 3 rings (SSSR count). The van der Waals surface area contributed by atoms with Gasteiger partial charge in [0.15, 0.2) is 6.29 Å². The van der Waals surface area contributed by atoms with Crippen molar-refractivity contribution in [1.29, 1.82) is 0 Å². The van der Waals surface area contributed by atoms with Gasteiger partial charge in [-0.15, -0.1) is 0 Å². The Balaban J connectivity index is 2.12. The van der Waals surface area contributed by atoms with Crippen molar-refractivity contribution in [2.24, 2.45) is 17.2 Å². The summed E-state index contributed by atoms with van der Waals surface area (Å²) in [5.41, 5.74) is 17.8. The van der Waals surface area contributed by atoms with Crippen molar-refractivity contribution >= 4 is 59.1 Å². The highest BCUT2D eigenvalue weighted by Crippen LogP contribution is 2.25. The van der Waals surface area contributed by atoms with Gasteiger partial charge in [-0.1, -0.05) is 64.0 Å². The predicted molar refractivity (Wildman–Crippen MR) is 291 cm³/mol. The van der Waals surface area contributed by atoms with E-state index in [1.54, 1.807) is 0 Å². The lowest BCUT2D eigenvalue weighted by molar-refractivity contribution is -0.285. The maximum atomic E-state index is 14.2. The van der Waals surface area contributed by atoms with Gasteiger partial charge in [-0.05, 0) is 49.8 Å². The molecule has 0 saturated carbocycles. The van der Waals surface area contributed by atoms with Crippen molar-refractivity contribution in [3.05, 3.63) is 29.8 Å². The topological polar surface area (TPSA) is 546 Å². The van der Waals surface area contributed by atoms with E-state index in [9.17, 15) is 93.9 Å². The molecule has 23 N–H and O–H groups in total. The molecule has 2 heterocycles. The maximum Gasteiger partial charge on any atom is 0.305 e. The van der Waals surface area contributed by atoms with Crippen molar-refractivity contribution in [2.45, 2.75) is 194 Å². The number of carboxylic acids is 1. The number of phenolic OH excluding ortho intramolecular Hbond substituents is 1. The van der Waals surface area contributed by atoms with Crippen LogP contribution in [0.15, 0.2) is 24.3 Å². The third-order valence-corrected chi connectivity index (χ3v) is 13.8. The third-order valence-electron chi connectivity index (χ3n) is 13.8. The highest BCUT2D eigenvalue weighted by Gasteiger charge is 2.41. The number of carbonyl (C=O) groups excluding carboxylic acids is 9. The van der Waals surface area contributed by atoms with E-state index in [0.717, 1.165) is 69.2 Å². The molecule has 2 fully saturated rings. The largest absolute Gasteiger partial charge is 0.508 e. The number of aliphatic carboxylic acids is 1. The summed E-state index contributed by atoms with van der Waals surface area (Å²) in [6, 6.07) is -9.29. The van der Waals surface area contributed by atoms with Gasteiger partial charge in [-0.25, -0.2) is 0 Å². The fraction of sp³-hybridized carbons (Fsp3) is 0.692. The minimum absolute atomic E-state index is 0.00117. The number of benzene rings is 1. The molecule has 474 valence electrons. The van der Waals surface area contributed by atoms with Crippen LogP contribution in [0.1, 0.15) is 115 Å². The molecule has 32 nitrogen and oxygen atoms in total. The first-order valence-electron chi connectivity index (χ1n) is 27.8. The number of unbranched alkanes of at least 4 members (excludes halogenated alkanes) is 6. The molecule has 2 saturated heterocycles. The molecular formula is C52H85N11O21. The number of aliphatic hydroxyl groups excluding tert-OH is 7. The minimum atomic E-state index is -2.24. The van der Waals surface area contributed by atoms with E-state index in [2.05, 4.69) is 44.1 Å². The molecule has 9 amide bonds. The van der Waals surface area contributed by atoms with Gasteiger partial charge in [-0.2, -0.15) is 0 Å². The van der Waals surface area contributed by atoms with Crippen LogP contribution >= 0.6 is 0 Å². The zero-order valence-electron chi connectivity index (χ0n) is 46.8.